The molecule has 7 nitrogen and oxygen atoms in total. The molecule has 1 N–H and O–H groups in total. The molecule has 2 aromatic heterocycles. The maximum atomic E-state index is 13.3. The summed E-state index contributed by atoms with van der Waals surface area (Å²) in [6.45, 7) is 8.75. The first-order valence-electron chi connectivity index (χ1n) is 12.0. The van der Waals surface area contributed by atoms with Crippen molar-refractivity contribution >= 4 is 39.1 Å². The second-order valence-corrected chi connectivity index (χ2v) is 10.3. The molecule has 0 bridgehead atoms. The summed E-state index contributed by atoms with van der Waals surface area (Å²) in [5.74, 6) is 0.0962. The van der Waals surface area contributed by atoms with Crippen LogP contribution in [-0.2, 0) is 11.3 Å². The highest BCUT2D eigenvalue weighted by molar-refractivity contribution is 7.20. The summed E-state index contributed by atoms with van der Waals surface area (Å²) < 4.78 is 1.31. The van der Waals surface area contributed by atoms with E-state index in [9.17, 15) is 14.4 Å². The molecule has 8 heteroatoms. The van der Waals surface area contributed by atoms with E-state index in [1.165, 1.54) is 27.8 Å². The Kier molecular flexibility index (Phi) is 7.16. The van der Waals surface area contributed by atoms with Crippen molar-refractivity contribution in [1.82, 2.24) is 14.5 Å². The summed E-state index contributed by atoms with van der Waals surface area (Å²) in [7, 11) is 0. The Morgan fingerprint density at radius 2 is 1.94 bits per heavy atom. The van der Waals surface area contributed by atoms with E-state index in [4.69, 9.17) is 0 Å². The van der Waals surface area contributed by atoms with Gasteiger partial charge in [-0.2, -0.15) is 0 Å². The van der Waals surface area contributed by atoms with Crippen LogP contribution < -0.4 is 10.9 Å². The Labute approximate surface area is 203 Å². The summed E-state index contributed by atoms with van der Waals surface area (Å²) in [5, 5.41) is 3.27. The summed E-state index contributed by atoms with van der Waals surface area (Å²) in [6.07, 6.45) is 5.49. The van der Waals surface area contributed by atoms with Crippen molar-refractivity contribution in [3.05, 3.63) is 57.0 Å². The van der Waals surface area contributed by atoms with Crippen LogP contribution >= 0.6 is 11.3 Å². The van der Waals surface area contributed by atoms with Crippen molar-refractivity contribution in [3.63, 3.8) is 0 Å². The van der Waals surface area contributed by atoms with E-state index in [-0.39, 0.29) is 30.0 Å². The van der Waals surface area contributed by atoms with Gasteiger partial charge in [0.15, 0.2) is 0 Å². The van der Waals surface area contributed by atoms with Crippen LogP contribution in [0.3, 0.4) is 0 Å². The quantitative estimate of drug-likeness (QED) is 0.542. The minimum Gasteiger partial charge on any atom is -0.335 e. The Morgan fingerprint density at radius 1 is 1.21 bits per heavy atom. The molecule has 0 saturated carbocycles. The number of nitrogens with one attached hydrogen (secondary N) is 1. The van der Waals surface area contributed by atoms with E-state index >= 15 is 0 Å². The number of anilines is 1. The predicted octanol–water partition coefficient (Wildman–Crippen LogP) is 4.93. The summed E-state index contributed by atoms with van der Waals surface area (Å²) in [4.78, 5) is 46.6. The fourth-order valence-corrected chi connectivity index (χ4v) is 5.70. The van der Waals surface area contributed by atoms with Gasteiger partial charge in [-0.1, -0.05) is 32.9 Å². The summed E-state index contributed by atoms with van der Waals surface area (Å²) >= 11 is 1.27. The number of carbonyl (C=O) groups excluding carboxylic acids is 2. The van der Waals surface area contributed by atoms with Gasteiger partial charge in [0.25, 0.3) is 11.5 Å². The molecule has 1 aliphatic rings. The number of aryl methyl sites for hydroxylation is 1. The number of rotatable bonds is 6. The smallest absolute Gasteiger partial charge is 0.264 e. The summed E-state index contributed by atoms with van der Waals surface area (Å²) in [5.41, 5.74) is 2.23. The predicted molar refractivity (Wildman–Crippen MR) is 137 cm³/mol. The van der Waals surface area contributed by atoms with Crippen LogP contribution in [0.1, 0.15) is 73.2 Å². The number of hydrogen-bond acceptors (Lipinski definition) is 5. The second-order valence-electron chi connectivity index (χ2n) is 9.30. The molecule has 1 atom stereocenters. The van der Waals surface area contributed by atoms with Crippen LogP contribution in [0.4, 0.5) is 5.69 Å². The van der Waals surface area contributed by atoms with Gasteiger partial charge in [0.2, 0.25) is 5.91 Å². The normalized spacial score (nSPS) is 16.3. The number of fused-ring (bicyclic) bond motifs is 1. The Morgan fingerprint density at radius 3 is 2.62 bits per heavy atom. The second kappa shape index (κ2) is 10.1. The lowest BCUT2D eigenvalue weighted by molar-refractivity contribution is -0.116. The first-order chi connectivity index (χ1) is 16.3. The first kappa shape index (κ1) is 24.1. The standard InChI is InChI=1S/C26H32N4O3S/c1-5-20-8-6-7-13-30(20)26(33)23-17(4)22-24(34-23)27-15-29(25(22)32)14-21(31)28-19-11-9-18(10-12-19)16(2)3/h9-12,15-16,20H,5-8,13-14H2,1-4H3,(H,28,31). The zero-order valence-corrected chi connectivity index (χ0v) is 21.1. The number of benzene rings is 1. The number of aromatic nitrogens is 2. The van der Waals surface area contributed by atoms with Gasteiger partial charge >= 0.3 is 0 Å². The van der Waals surface area contributed by atoms with E-state index in [1.807, 2.05) is 29.2 Å². The number of carbonyl (C=O) groups is 2. The number of piperidine rings is 1. The third-order valence-corrected chi connectivity index (χ3v) is 7.83. The molecule has 34 heavy (non-hydrogen) atoms. The molecule has 0 aliphatic carbocycles. The Hall–Kier alpha value is -3.00. The van der Waals surface area contributed by atoms with Gasteiger partial charge < -0.3 is 10.2 Å². The number of amides is 2. The molecule has 180 valence electrons. The highest BCUT2D eigenvalue weighted by Crippen LogP contribution is 2.30. The van der Waals surface area contributed by atoms with Crippen molar-refractivity contribution in [1.29, 1.82) is 0 Å². The van der Waals surface area contributed by atoms with E-state index in [0.29, 0.717) is 32.3 Å². The van der Waals surface area contributed by atoms with Gasteiger partial charge in [-0.3, -0.25) is 19.0 Å². The Balaban J connectivity index is 1.55. The highest BCUT2D eigenvalue weighted by atomic mass is 32.1. The van der Waals surface area contributed by atoms with Crippen LogP contribution in [0.5, 0.6) is 0 Å². The third-order valence-electron chi connectivity index (χ3n) is 6.65. The van der Waals surface area contributed by atoms with Crippen LogP contribution in [0.15, 0.2) is 35.4 Å². The first-order valence-corrected chi connectivity index (χ1v) is 12.8. The summed E-state index contributed by atoms with van der Waals surface area (Å²) in [6, 6.07) is 7.94. The van der Waals surface area contributed by atoms with E-state index in [2.05, 4.69) is 31.1 Å². The average Bonchev–Trinajstić information content (AvgIpc) is 3.17. The van der Waals surface area contributed by atoms with Gasteiger partial charge in [-0.05, 0) is 61.8 Å². The Bertz CT molecular complexity index is 1260. The molecular formula is C26H32N4O3S. The third kappa shape index (κ3) is 4.78. The van der Waals surface area contributed by atoms with Crippen molar-refractivity contribution in [2.24, 2.45) is 0 Å². The van der Waals surface area contributed by atoms with E-state index < -0.39 is 0 Å². The van der Waals surface area contributed by atoms with Crippen LogP contribution in [0.25, 0.3) is 10.2 Å². The molecule has 2 amide bonds. The number of thiophene rings is 1. The van der Waals surface area contributed by atoms with Crippen molar-refractivity contribution < 1.29 is 9.59 Å². The lowest BCUT2D eigenvalue weighted by Gasteiger charge is -2.35. The monoisotopic (exact) mass is 480 g/mol. The van der Waals surface area contributed by atoms with E-state index in [1.54, 1.807) is 6.92 Å². The zero-order chi connectivity index (χ0) is 24.4. The molecule has 3 heterocycles. The molecule has 0 spiro atoms. The molecule has 1 aromatic carbocycles. The van der Waals surface area contributed by atoms with Gasteiger partial charge in [-0.25, -0.2) is 4.98 Å². The van der Waals surface area contributed by atoms with Crippen molar-refractivity contribution in [3.8, 4) is 0 Å². The molecule has 4 rings (SSSR count). The minimum absolute atomic E-state index is 0.0133. The van der Waals surface area contributed by atoms with Gasteiger partial charge in [0, 0.05) is 18.3 Å². The lowest BCUT2D eigenvalue weighted by atomic mass is 9.99. The number of hydrogen-bond donors (Lipinski definition) is 1. The van der Waals surface area contributed by atoms with Gasteiger partial charge in [0.05, 0.1) is 16.6 Å². The molecule has 1 fully saturated rings. The fourth-order valence-electron chi connectivity index (χ4n) is 4.61. The molecule has 1 unspecified atom stereocenters. The minimum atomic E-state index is -0.302. The van der Waals surface area contributed by atoms with Crippen molar-refractivity contribution in [2.75, 3.05) is 11.9 Å². The molecule has 3 aromatic rings. The largest absolute Gasteiger partial charge is 0.335 e. The number of likely N-dealkylation sites (tertiary alicyclic amines) is 1. The SMILES string of the molecule is CCC1CCCCN1C(=O)c1sc2ncn(CC(=O)Nc3ccc(C(C)C)cc3)c(=O)c2c1C. The van der Waals surface area contributed by atoms with Gasteiger partial charge in [0.1, 0.15) is 11.4 Å². The van der Waals surface area contributed by atoms with Crippen molar-refractivity contribution in [2.45, 2.75) is 71.9 Å². The zero-order valence-electron chi connectivity index (χ0n) is 20.3. The molecule has 1 saturated heterocycles. The molecule has 1 aliphatic heterocycles. The maximum absolute atomic E-state index is 13.3. The maximum Gasteiger partial charge on any atom is 0.264 e. The van der Waals surface area contributed by atoms with Gasteiger partial charge in [-0.15, -0.1) is 11.3 Å². The lowest BCUT2D eigenvalue weighted by Crippen LogP contribution is -2.43. The van der Waals surface area contributed by atoms with Crippen LogP contribution in [0.2, 0.25) is 0 Å². The fraction of sp³-hybridized carbons (Fsp3) is 0.462. The van der Waals surface area contributed by atoms with Crippen LogP contribution in [0, 0.1) is 6.92 Å². The number of nitrogens with zero attached hydrogens (tertiary/aromatic N) is 3. The van der Waals surface area contributed by atoms with E-state index in [0.717, 1.165) is 32.2 Å². The molecular weight excluding hydrogens is 448 g/mol. The van der Waals surface area contributed by atoms with Crippen LogP contribution in [-0.4, -0.2) is 38.9 Å². The average molecular weight is 481 g/mol. The molecule has 0 radical (unpaired) electrons. The topological polar surface area (TPSA) is 84.3 Å². The highest BCUT2D eigenvalue weighted by Gasteiger charge is 2.29.